The van der Waals surface area contributed by atoms with Crippen molar-refractivity contribution in [3.05, 3.63) is 46.1 Å². The van der Waals surface area contributed by atoms with E-state index in [2.05, 4.69) is 5.32 Å². The normalized spacial score (nSPS) is 10.5. The van der Waals surface area contributed by atoms with Crippen LogP contribution in [0.4, 0.5) is 0 Å². The molecule has 0 aliphatic heterocycles. The zero-order valence-corrected chi connectivity index (χ0v) is 12.0. The van der Waals surface area contributed by atoms with Gasteiger partial charge in [0.1, 0.15) is 17.4 Å². The lowest BCUT2D eigenvalue weighted by molar-refractivity contribution is -0.118. The Kier molecular flexibility index (Phi) is 4.75. The molecule has 0 aliphatic carbocycles. The summed E-state index contributed by atoms with van der Waals surface area (Å²) in [4.78, 5) is 11.0. The number of hydrogen-bond acceptors (Lipinski definition) is 2. The topological polar surface area (TPSA) is 42.2 Å². The standard InChI is InChI=1S/C13H10Cl3NO2/c14-6-13(18)17-7-9-2-4-12(19-9)10-3-1-8(15)5-11(10)16/h1-5H,6-7H2,(H,17,18). The predicted molar refractivity (Wildman–Crippen MR) is 76.7 cm³/mol. The van der Waals surface area contributed by atoms with Gasteiger partial charge in [0.05, 0.1) is 11.6 Å². The number of alkyl halides is 1. The number of benzene rings is 1. The van der Waals surface area contributed by atoms with Crippen molar-refractivity contribution in [2.24, 2.45) is 0 Å². The Bertz CT molecular complexity index is 595. The summed E-state index contributed by atoms with van der Waals surface area (Å²) in [6, 6.07) is 8.73. The van der Waals surface area contributed by atoms with Gasteiger partial charge in [0, 0.05) is 10.6 Å². The number of carbonyl (C=O) groups is 1. The minimum atomic E-state index is -0.246. The Labute approximate surface area is 125 Å². The summed E-state index contributed by atoms with van der Waals surface area (Å²) in [5, 5.41) is 3.70. The summed E-state index contributed by atoms with van der Waals surface area (Å²) >= 11 is 17.3. The van der Waals surface area contributed by atoms with Gasteiger partial charge in [-0.2, -0.15) is 0 Å². The van der Waals surface area contributed by atoms with Crippen LogP contribution in [-0.2, 0) is 11.3 Å². The van der Waals surface area contributed by atoms with Crippen molar-refractivity contribution in [1.29, 1.82) is 0 Å². The number of halogens is 3. The fourth-order valence-electron chi connectivity index (χ4n) is 1.54. The summed E-state index contributed by atoms with van der Waals surface area (Å²) in [5.41, 5.74) is 0.751. The molecule has 100 valence electrons. The molecule has 0 saturated carbocycles. The number of rotatable bonds is 4. The molecule has 1 aromatic heterocycles. The lowest BCUT2D eigenvalue weighted by atomic mass is 10.2. The van der Waals surface area contributed by atoms with Crippen LogP contribution in [0.25, 0.3) is 11.3 Å². The molecule has 0 aliphatic rings. The summed E-state index contributed by atoms with van der Waals surface area (Å²) in [7, 11) is 0. The van der Waals surface area contributed by atoms with Gasteiger partial charge in [-0.05, 0) is 30.3 Å². The second kappa shape index (κ2) is 6.33. The highest BCUT2D eigenvalue weighted by Crippen LogP contribution is 2.31. The van der Waals surface area contributed by atoms with E-state index in [-0.39, 0.29) is 18.3 Å². The maximum atomic E-state index is 11.0. The van der Waals surface area contributed by atoms with E-state index >= 15 is 0 Å². The lowest BCUT2D eigenvalue weighted by Crippen LogP contribution is -2.23. The Balaban J connectivity index is 2.14. The van der Waals surface area contributed by atoms with Gasteiger partial charge in [0.2, 0.25) is 5.91 Å². The zero-order chi connectivity index (χ0) is 13.8. The van der Waals surface area contributed by atoms with E-state index in [1.165, 1.54) is 0 Å². The van der Waals surface area contributed by atoms with Gasteiger partial charge in [0.25, 0.3) is 0 Å². The molecular formula is C13H10Cl3NO2. The molecule has 0 atom stereocenters. The summed E-state index contributed by atoms with van der Waals surface area (Å²) in [5.74, 6) is 0.928. The van der Waals surface area contributed by atoms with Crippen molar-refractivity contribution in [3.63, 3.8) is 0 Å². The average molecular weight is 319 g/mol. The minimum absolute atomic E-state index is 0.0728. The lowest BCUT2D eigenvalue weighted by Gasteiger charge is -2.02. The van der Waals surface area contributed by atoms with Gasteiger partial charge in [-0.1, -0.05) is 23.2 Å². The molecule has 1 heterocycles. The number of nitrogens with one attached hydrogen (secondary N) is 1. The highest BCUT2D eigenvalue weighted by atomic mass is 35.5. The molecule has 2 rings (SSSR count). The van der Waals surface area contributed by atoms with Crippen LogP contribution in [0.15, 0.2) is 34.7 Å². The quantitative estimate of drug-likeness (QED) is 0.862. The Morgan fingerprint density at radius 3 is 2.68 bits per heavy atom. The van der Waals surface area contributed by atoms with Crippen molar-refractivity contribution in [1.82, 2.24) is 5.32 Å². The number of hydrogen-bond donors (Lipinski definition) is 1. The van der Waals surface area contributed by atoms with Crippen molar-refractivity contribution < 1.29 is 9.21 Å². The first-order valence-electron chi connectivity index (χ1n) is 5.47. The molecule has 0 bridgehead atoms. The monoisotopic (exact) mass is 317 g/mol. The second-order valence-electron chi connectivity index (χ2n) is 3.80. The third-order valence-corrected chi connectivity index (χ3v) is 3.23. The smallest absolute Gasteiger partial charge is 0.235 e. The van der Waals surface area contributed by atoms with Crippen LogP contribution < -0.4 is 5.32 Å². The number of carbonyl (C=O) groups excluding carboxylic acids is 1. The molecule has 0 saturated heterocycles. The number of furan rings is 1. The van der Waals surface area contributed by atoms with Crippen molar-refractivity contribution in [2.75, 3.05) is 5.88 Å². The Hall–Kier alpha value is -1.16. The molecule has 1 N–H and O–H groups in total. The van der Waals surface area contributed by atoms with Gasteiger partial charge >= 0.3 is 0 Å². The fourth-order valence-corrected chi connectivity index (χ4v) is 2.14. The van der Waals surface area contributed by atoms with Crippen molar-refractivity contribution in [2.45, 2.75) is 6.54 Å². The van der Waals surface area contributed by atoms with Gasteiger partial charge in [-0.25, -0.2) is 0 Å². The first-order valence-corrected chi connectivity index (χ1v) is 6.76. The minimum Gasteiger partial charge on any atom is -0.459 e. The zero-order valence-electron chi connectivity index (χ0n) is 9.75. The van der Waals surface area contributed by atoms with Crippen molar-refractivity contribution >= 4 is 40.7 Å². The molecule has 3 nitrogen and oxygen atoms in total. The van der Waals surface area contributed by atoms with Crippen LogP contribution >= 0.6 is 34.8 Å². The van der Waals surface area contributed by atoms with E-state index in [1.807, 2.05) is 0 Å². The maximum absolute atomic E-state index is 11.0. The van der Waals surface area contributed by atoms with E-state index in [1.54, 1.807) is 30.3 Å². The first kappa shape index (κ1) is 14.3. The Morgan fingerprint density at radius 2 is 2.00 bits per heavy atom. The summed E-state index contributed by atoms with van der Waals surface area (Å²) in [6.45, 7) is 0.288. The van der Waals surface area contributed by atoms with Crippen molar-refractivity contribution in [3.8, 4) is 11.3 Å². The van der Waals surface area contributed by atoms with Crippen LogP contribution in [-0.4, -0.2) is 11.8 Å². The molecule has 1 amide bonds. The Morgan fingerprint density at radius 1 is 1.21 bits per heavy atom. The fraction of sp³-hybridized carbons (Fsp3) is 0.154. The van der Waals surface area contributed by atoms with Gasteiger partial charge in [-0.15, -0.1) is 11.6 Å². The average Bonchev–Trinajstić information content (AvgIpc) is 2.84. The molecule has 0 radical (unpaired) electrons. The van der Waals surface area contributed by atoms with Crippen LogP contribution in [0.5, 0.6) is 0 Å². The van der Waals surface area contributed by atoms with Gasteiger partial charge in [0.15, 0.2) is 0 Å². The molecular weight excluding hydrogens is 309 g/mol. The van der Waals surface area contributed by atoms with Crippen LogP contribution in [0, 0.1) is 0 Å². The third-order valence-electron chi connectivity index (χ3n) is 2.44. The first-order chi connectivity index (χ1) is 9.10. The maximum Gasteiger partial charge on any atom is 0.235 e. The highest BCUT2D eigenvalue weighted by Gasteiger charge is 2.09. The van der Waals surface area contributed by atoms with E-state index in [9.17, 15) is 4.79 Å². The second-order valence-corrected chi connectivity index (χ2v) is 4.91. The largest absolute Gasteiger partial charge is 0.459 e. The number of amides is 1. The molecule has 2 aromatic rings. The van der Waals surface area contributed by atoms with Gasteiger partial charge in [-0.3, -0.25) is 4.79 Å². The van der Waals surface area contributed by atoms with E-state index < -0.39 is 0 Å². The van der Waals surface area contributed by atoms with Crippen LogP contribution in [0.3, 0.4) is 0 Å². The summed E-state index contributed by atoms with van der Waals surface area (Å²) < 4.78 is 5.60. The summed E-state index contributed by atoms with van der Waals surface area (Å²) in [6.07, 6.45) is 0. The third kappa shape index (κ3) is 3.66. The molecule has 0 fully saturated rings. The molecule has 0 spiro atoms. The highest BCUT2D eigenvalue weighted by molar-refractivity contribution is 6.36. The van der Waals surface area contributed by atoms with E-state index in [4.69, 9.17) is 39.2 Å². The SMILES string of the molecule is O=C(CCl)NCc1ccc(-c2ccc(Cl)cc2Cl)o1. The van der Waals surface area contributed by atoms with E-state index in [0.29, 0.717) is 21.6 Å². The molecule has 0 unspecified atom stereocenters. The molecule has 6 heteroatoms. The predicted octanol–water partition coefficient (Wildman–Crippen LogP) is 4.11. The molecule has 1 aromatic carbocycles. The van der Waals surface area contributed by atoms with E-state index in [0.717, 1.165) is 5.56 Å². The van der Waals surface area contributed by atoms with Gasteiger partial charge < -0.3 is 9.73 Å². The van der Waals surface area contributed by atoms with Crippen LogP contribution in [0.1, 0.15) is 5.76 Å². The molecule has 19 heavy (non-hydrogen) atoms. The van der Waals surface area contributed by atoms with Crippen LogP contribution in [0.2, 0.25) is 10.0 Å².